The first-order valence-corrected chi connectivity index (χ1v) is 10.4. The van der Waals surface area contributed by atoms with Crippen molar-refractivity contribution in [2.24, 2.45) is 0 Å². The second-order valence-corrected chi connectivity index (χ2v) is 8.02. The number of carbonyl (C=O) groups excluding carboxylic acids is 1. The largest absolute Gasteiger partial charge is 0.494 e. The van der Waals surface area contributed by atoms with Crippen molar-refractivity contribution in [1.82, 2.24) is 10.3 Å². The number of rotatable bonds is 7. The van der Waals surface area contributed by atoms with Crippen LogP contribution in [0.1, 0.15) is 30.3 Å². The van der Waals surface area contributed by atoms with Crippen LogP contribution in [-0.4, -0.2) is 45.6 Å². The highest BCUT2D eigenvalue weighted by Gasteiger charge is 2.43. The van der Waals surface area contributed by atoms with E-state index in [9.17, 15) is 14.7 Å². The zero-order valence-electron chi connectivity index (χ0n) is 14.4. The highest BCUT2D eigenvalue weighted by atomic mass is 32.2. The number of aromatic nitrogens is 1. The van der Waals surface area contributed by atoms with E-state index in [0.717, 1.165) is 23.5 Å². The summed E-state index contributed by atoms with van der Waals surface area (Å²) in [6.07, 6.45) is 1.37. The van der Waals surface area contributed by atoms with E-state index >= 15 is 0 Å². The summed E-state index contributed by atoms with van der Waals surface area (Å²) in [7, 11) is 0. The molecule has 0 saturated carbocycles. The molecule has 1 aromatic heterocycles. The van der Waals surface area contributed by atoms with Gasteiger partial charge in [-0.3, -0.25) is 4.79 Å². The zero-order valence-corrected chi connectivity index (χ0v) is 16.0. The topological polar surface area (TPSA) is 88.5 Å². The zero-order chi connectivity index (χ0) is 18.6. The van der Waals surface area contributed by atoms with E-state index in [-0.39, 0.29) is 5.69 Å². The maximum atomic E-state index is 12.5. The first kappa shape index (κ1) is 18.7. The van der Waals surface area contributed by atoms with Crippen molar-refractivity contribution in [2.75, 3.05) is 18.1 Å². The third kappa shape index (κ3) is 4.02. The molecular formula is C18H20N2O4S2. The maximum absolute atomic E-state index is 12.5. The van der Waals surface area contributed by atoms with Gasteiger partial charge in [-0.1, -0.05) is 6.92 Å². The number of thioether (sulfide) groups is 1. The van der Waals surface area contributed by atoms with E-state index in [4.69, 9.17) is 4.74 Å². The van der Waals surface area contributed by atoms with E-state index in [1.165, 1.54) is 23.1 Å². The summed E-state index contributed by atoms with van der Waals surface area (Å²) in [5, 5.41) is 14.5. The van der Waals surface area contributed by atoms with Crippen molar-refractivity contribution in [1.29, 1.82) is 0 Å². The summed E-state index contributed by atoms with van der Waals surface area (Å²) in [4.78, 5) is 28.4. The maximum Gasteiger partial charge on any atom is 0.330 e. The second-order valence-electron chi connectivity index (χ2n) is 6.05. The molecule has 0 radical (unpaired) electrons. The smallest absolute Gasteiger partial charge is 0.330 e. The van der Waals surface area contributed by atoms with Crippen LogP contribution in [0.2, 0.25) is 0 Å². The van der Waals surface area contributed by atoms with Crippen LogP contribution in [0, 0.1) is 0 Å². The average Bonchev–Trinajstić information content (AvgIpc) is 3.31. The monoisotopic (exact) mass is 392 g/mol. The number of nitrogens with one attached hydrogen (secondary N) is 1. The number of benzene rings is 1. The Kier molecular flexibility index (Phi) is 5.83. The quantitative estimate of drug-likeness (QED) is 0.752. The minimum atomic E-state index is -1.19. The second kappa shape index (κ2) is 8.09. The van der Waals surface area contributed by atoms with Gasteiger partial charge in [0.2, 0.25) is 0 Å². The van der Waals surface area contributed by atoms with Crippen LogP contribution in [0.25, 0.3) is 10.6 Å². The molecule has 1 amide bonds. The SMILES string of the molecule is CCCOc1ccc(-c2nc(C(=O)NC3(C(=O)O)CCSC3)cs2)cc1. The molecule has 1 aliphatic heterocycles. The van der Waals surface area contributed by atoms with Crippen LogP contribution in [0.15, 0.2) is 29.6 Å². The highest BCUT2D eigenvalue weighted by molar-refractivity contribution is 7.99. The lowest BCUT2D eigenvalue weighted by Crippen LogP contribution is -2.54. The van der Waals surface area contributed by atoms with Crippen molar-refractivity contribution in [2.45, 2.75) is 25.3 Å². The number of carboxylic acid groups (broad SMARTS) is 1. The van der Waals surface area contributed by atoms with Gasteiger partial charge in [-0.15, -0.1) is 11.3 Å². The van der Waals surface area contributed by atoms with Gasteiger partial charge in [0, 0.05) is 16.7 Å². The molecule has 1 unspecified atom stereocenters. The summed E-state index contributed by atoms with van der Waals surface area (Å²) >= 11 is 2.88. The average molecular weight is 393 g/mol. The number of amides is 1. The predicted molar refractivity (Wildman–Crippen MR) is 103 cm³/mol. The summed E-state index contributed by atoms with van der Waals surface area (Å²) in [6, 6.07) is 7.55. The molecule has 1 fully saturated rings. The van der Waals surface area contributed by atoms with Crippen LogP contribution in [-0.2, 0) is 4.79 Å². The minimum absolute atomic E-state index is 0.244. The Bertz CT molecular complexity index is 783. The fraction of sp³-hybridized carbons (Fsp3) is 0.389. The van der Waals surface area contributed by atoms with Crippen molar-refractivity contribution in [3.05, 3.63) is 35.3 Å². The molecule has 1 atom stereocenters. The standard InChI is InChI=1S/C18H20N2O4S2/c1-2-8-24-13-5-3-12(4-6-13)16-19-14(10-26-16)15(21)20-18(17(22)23)7-9-25-11-18/h3-6,10H,2,7-9,11H2,1H3,(H,20,21)(H,22,23). The molecule has 2 aromatic rings. The number of carbonyl (C=O) groups is 2. The van der Waals surface area contributed by atoms with E-state index in [2.05, 4.69) is 17.2 Å². The van der Waals surface area contributed by atoms with E-state index in [0.29, 0.717) is 23.8 Å². The lowest BCUT2D eigenvalue weighted by molar-refractivity contribution is -0.143. The van der Waals surface area contributed by atoms with Gasteiger partial charge in [0.25, 0.3) is 5.91 Å². The molecule has 3 rings (SSSR count). The number of hydrogen-bond acceptors (Lipinski definition) is 6. The van der Waals surface area contributed by atoms with Gasteiger partial charge in [0.1, 0.15) is 22.0 Å². The first-order chi connectivity index (χ1) is 12.5. The van der Waals surface area contributed by atoms with Crippen LogP contribution >= 0.6 is 23.1 Å². The van der Waals surface area contributed by atoms with E-state index in [1.54, 1.807) is 5.38 Å². The van der Waals surface area contributed by atoms with Crippen LogP contribution in [0.3, 0.4) is 0 Å². The highest BCUT2D eigenvalue weighted by Crippen LogP contribution is 2.30. The van der Waals surface area contributed by atoms with Crippen molar-refractivity contribution in [3.8, 4) is 16.3 Å². The normalized spacial score (nSPS) is 19.3. The van der Waals surface area contributed by atoms with Gasteiger partial charge in [0.05, 0.1) is 6.61 Å². The number of aliphatic carboxylic acids is 1. The van der Waals surface area contributed by atoms with Crippen molar-refractivity contribution in [3.63, 3.8) is 0 Å². The molecule has 8 heteroatoms. The van der Waals surface area contributed by atoms with Crippen molar-refractivity contribution < 1.29 is 19.4 Å². The molecule has 6 nitrogen and oxygen atoms in total. The van der Waals surface area contributed by atoms with Gasteiger partial charge in [-0.2, -0.15) is 11.8 Å². The van der Waals surface area contributed by atoms with Gasteiger partial charge in [-0.05, 0) is 42.9 Å². The Morgan fingerprint density at radius 1 is 1.35 bits per heavy atom. The van der Waals surface area contributed by atoms with Gasteiger partial charge < -0.3 is 15.2 Å². The first-order valence-electron chi connectivity index (χ1n) is 8.36. The summed E-state index contributed by atoms with van der Waals surface area (Å²) in [6.45, 7) is 2.72. The van der Waals surface area contributed by atoms with Crippen molar-refractivity contribution >= 4 is 35.0 Å². The molecule has 2 N–H and O–H groups in total. The molecule has 26 heavy (non-hydrogen) atoms. The number of nitrogens with zero attached hydrogens (tertiary/aromatic N) is 1. The molecule has 0 aliphatic carbocycles. The fourth-order valence-electron chi connectivity index (χ4n) is 2.59. The summed E-state index contributed by atoms with van der Waals surface area (Å²) in [5.74, 6) is 0.465. The molecule has 0 bridgehead atoms. The number of ether oxygens (including phenoxy) is 1. The van der Waals surface area contributed by atoms with Crippen LogP contribution in [0.4, 0.5) is 0 Å². The number of carboxylic acids is 1. The summed E-state index contributed by atoms with van der Waals surface area (Å²) < 4.78 is 5.56. The molecule has 1 saturated heterocycles. The molecule has 2 heterocycles. The van der Waals surface area contributed by atoms with Gasteiger partial charge in [-0.25, -0.2) is 9.78 Å². The third-order valence-electron chi connectivity index (χ3n) is 4.09. The third-order valence-corrected chi connectivity index (χ3v) is 6.18. The molecule has 1 aromatic carbocycles. The van der Waals surface area contributed by atoms with E-state index < -0.39 is 17.4 Å². The Morgan fingerprint density at radius 2 is 2.12 bits per heavy atom. The molecular weight excluding hydrogens is 372 g/mol. The molecule has 1 aliphatic rings. The molecule has 0 spiro atoms. The van der Waals surface area contributed by atoms with Crippen LogP contribution < -0.4 is 10.1 Å². The Hall–Kier alpha value is -2.06. The number of thiazole rings is 1. The fourth-order valence-corrected chi connectivity index (χ4v) is 4.72. The predicted octanol–water partition coefficient (Wildman–Crippen LogP) is 3.29. The lowest BCUT2D eigenvalue weighted by Gasteiger charge is -2.23. The minimum Gasteiger partial charge on any atom is -0.494 e. The van der Waals surface area contributed by atoms with Crippen LogP contribution in [0.5, 0.6) is 5.75 Å². The van der Waals surface area contributed by atoms with Gasteiger partial charge in [0.15, 0.2) is 0 Å². The molecule has 138 valence electrons. The van der Waals surface area contributed by atoms with E-state index in [1.807, 2.05) is 24.3 Å². The van der Waals surface area contributed by atoms with Gasteiger partial charge >= 0.3 is 5.97 Å². The Morgan fingerprint density at radius 3 is 2.73 bits per heavy atom. The Balaban J connectivity index is 1.71. The number of hydrogen-bond donors (Lipinski definition) is 2. The Labute approximate surface area is 160 Å². The summed E-state index contributed by atoms with van der Waals surface area (Å²) in [5.41, 5.74) is -0.0554. The lowest BCUT2D eigenvalue weighted by atomic mass is 9.99.